The number of carbonyl (C=O) groups excluding carboxylic acids is 2. The SMILES string of the molecule is C=CC(=O)OC12CCC(CC1C(=O)OCCCC)C2. The summed E-state index contributed by atoms with van der Waals surface area (Å²) in [5.41, 5.74) is -0.626. The molecule has 2 aliphatic carbocycles. The van der Waals surface area contributed by atoms with Crippen molar-refractivity contribution in [3.63, 3.8) is 0 Å². The first kappa shape index (κ1) is 14.1. The number of fused-ring (bicyclic) bond motifs is 2. The van der Waals surface area contributed by atoms with Crippen LogP contribution in [-0.4, -0.2) is 24.1 Å². The van der Waals surface area contributed by atoms with Crippen LogP contribution in [0, 0.1) is 11.8 Å². The second kappa shape index (κ2) is 5.76. The lowest BCUT2D eigenvalue weighted by molar-refractivity contribution is -0.170. The molecule has 2 saturated carbocycles. The molecule has 3 atom stereocenters. The van der Waals surface area contributed by atoms with Crippen LogP contribution in [0.2, 0.25) is 0 Å². The molecule has 0 amide bonds. The van der Waals surface area contributed by atoms with Crippen molar-refractivity contribution in [2.75, 3.05) is 6.61 Å². The predicted molar refractivity (Wildman–Crippen MR) is 70.3 cm³/mol. The molecule has 4 nitrogen and oxygen atoms in total. The summed E-state index contributed by atoms with van der Waals surface area (Å²) in [7, 11) is 0. The van der Waals surface area contributed by atoms with Gasteiger partial charge in [0, 0.05) is 6.08 Å². The lowest BCUT2D eigenvalue weighted by Gasteiger charge is -2.32. The Morgan fingerprint density at radius 3 is 2.89 bits per heavy atom. The zero-order valence-corrected chi connectivity index (χ0v) is 11.5. The third kappa shape index (κ3) is 2.82. The van der Waals surface area contributed by atoms with E-state index < -0.39 is 11.6 Å². The van der Waals surface area contributed by atoms with Crippen molar-refractivity contribution in [2.45, 2.75) is 51.0 Å². The van der Waals surface area contributed by atoms with Gasteiger partial charge in [0.05, 0.1) is 12.5 Å². The Morgan fingerprint density at radius 2 is 2.26 bits per heavy atom. The smallest absolute Gasteiger partial charge is 0.330 e. The molecule has 0 aromatic carbocycles. The van der Waals surface area contributed by atoms with E-state index in [1.165, 1.54) is 6.08 Å². The van der Waals surface area contributed by atoms with Crippen LogP contribution in [0.4, 0.5) is 0 Å². The lowest BCUT2D eigenvalue weighted by Crippen LogP contribution is -2.42. The second-order valence-corrected chi connectivity index (χ2v) is 5.61. The third-order valence-corrected chi connectivity index (χ3v) is 4.31. The minimum Gasteiger partial charge on any atom is -0.465 e. The number of unbranched alkanes of at least 4 members (excludes halogenated alkanes) is 1. The van der Waals surface area contributed by atoms with Gasteiger partial charge in [0.2, 0.25) is 0 Å². The van der Waals surface area contributed by atoms with Crippen LogP contribution in [0.1, 0.15) is 45.4 Å². The molecule has 0 aromatic heterocycles. The first-order valence-electron chi connectivity index (χ1n) is 7.13. The molecule has 0 radical (unpaired) electrons. The van der Waals surface area contributed by atoms with E-state index in [1.807, 2.05) is 0 Å². The highest BCUT2D eigenvalue weighted by Crippen LogP contribution is 2.54. The minimum absolute atomic E-state index is 0.201. The number of carbonyl (C=O) groups is 2. The van der Waals surface area contributed by atoms with Gasteiger partial charge in [-0.2, -0.15) is 0 Å². The fourth-order valence-electron chi connectivity index (χ4n) is 3.34. The Hall–Kier alpha value is -1.32. The van der Waals surface area contributed by atoms with E-state index in [0.29, 0.717) is 12.5 Å². The van der Waals surface area contributed by atoms with Crippen molar-refractivity contribution < 1.29 is 19.1 Å². The van der Waals surface area contributed by atoms with E-state index in [-0.39, 0.29) is 11.9 Å². The molecule has 0 saturated heterocycles. The molecule has 4 heteroatoms. The standard InChI is InChI=1S/C15H22O4/c1-3-5-8-18-14(17)12-9-11-6-7-15(12,10-11)19-13(16)4-2/h4,11-12H,2-3,5-10H2,1H3. The summed E-state index contributed by atoms with van der Waals surface area (Å²) in [5.74, 6) is -0.435. The van der Waals surface area contributed by atoms with Gasteiger partial charge in [-0.15, -0.1) is 0 Å². The van der Waals surface area contributed by atoms with Crippen molar-refractivity contribution in [3.05, 3.63) is 12.7 Å². The summed E-state index contributed by atoms with van der Waals surface area (Å²) < 4.78 is 10.8. The fraction of sp³-hybridized carbons (Fsp3) is 0.733. The fourth-order valence-corrected chi connectivity index (χ4v) is 3.34. The molecular formula is C15H22O4. The normalized spacial score (nSPS) is 32.1. The van der Waals surface area contributed by atoms with E-state index in [0.717, 1.165) is 38.5 Å². The lowest BCUT2D eigenvalue weighted by atomic mass is 9.85. The van der Waals surface area contributed by atoms with Gasteiger partial charge in [-0.25, -0.2) is 4.79 Å². The number of ether oxygens (including phenoxy) is 2. The molecule has 3 unspecified atom stereocenters. The Kier molecular flexibility index (Phi) is 4.27. The van der Waals surface area contributed by atoms with Gasteiger partial charge >= 0.3 is 11.9 Å². The van der Waals surface area contributed by atoms with Gasteiger partial charge in [0.1, 0.15) is 5.60 Å². The predicted octanol–water partition coefficient (Wildman–Crippen LogP) is 2.62. The van der Waals surface area contributed by atoms with Gasteiger partial charge in [-0.1, -0.05) is 19.9 Å². The van der Waals surface area contributed by atoms with Gasteiger partial charge in [-0.3, -0.25) is 4.79 Å². The zero-order chi connectivity index (χ0) is 13.9. The van der Waals surface area contributed by atoms with Crippen molar-refractivity contribution in [1.82, 2.24) is 0 Å². The van der Waals surface area contributed by atoms with Crippen LogP contribution in [0.3, 0.4) is 0 Å². The van der Waals surface area contributed by atoms with E-state index >= 15 is 0 Å². The monoisotopic (exact) mass is 266 g/mol. The number of hydrogen-bond donors (Lipinski definition) is 0. The maximum atomic E-state index is 12.1. The number of esters is 2. The second-order valence-electron chi connectivity index (χ2n) is 5.61. The van der Waals surface area contributed by atoms with E-state index in [9.17, 15) is 9.59 Å². The number of rotatable bonds is 6. The van der Waals surface area contributed by atoms with Crippen LogP contribution in [0.25, 0.3) is 0 Å². The maximum Gasteiger partial charge on any atom is 0.330 e. The topological polar surface area (TPSA) is 52.6 Å². The minimum atomic E-state index is -0.626. The van der Waals surface area contributed by atoms with Gasteiger partial charge in [-0.05, 0) is 38.0 Å². The van der Waals surface area contributed by atoms with Crippen molar-refractivity contribution >= 4 is 11.9 Å². The van der Waals surface area contributed by atoms with E-state index in [4.69, 9.17) is 9.47 Å². The molecular weight excluding hydrogens is 244 g/mol. The van der Waals surface area contributed by atoms with E-state index in [1.54, 1.807) is 0 Å². The van der Waals surface area contributed by atoms with Crippen LogP contribution in [0.5, 0.6) is 0 Å². The largest absolute Gasteiger partial charge is 0.465 e. The third-order valence-electron chi connectivity index (χ3n) is 4.31. The summed E-state index contributed by atoms with van der Waals surface area (Å²) in [6.07, 6.45) is 6.42. The first-order valence-corrected chi connectivity index (χ1v) is 7.13. The molecule has 2 aliphatic rings. The average molecular weight is 266 g/mol. The van der Waals surface area contributed by atoms with Crippen LogP contribution in [0.15, 0.2) is 12.7 Å². The van der Waals surface area contributed by atoms with E-state index in [2.05, 4.69) is 13.5 Å². The van der Waals surface area contributed by atoms with Crippen molar-refractivity contribution in [3.8, 4) is 0 Å². The molecule has 0 N–H and O–H groups in total. The zero-order valence-electron chi connectivity index (χ0n) is 11.5. The molecule has 19 heavy (non-hydrogen) atoms. The van der Waals surface area contributed by atoms with Crippen molar-refractivity contribution in [1.29, 1.82) is 0 Å². The Balaban J connectivity index is 2.01. The number of hydrogen-bond acceptors (Lipinski definition) is 4. The summed E-state index contributed by atoms with van der Waals surface area (Å²) in [6, 6.07) is 0. The highest BCUT2D eigenvalue weighted by Gasteiger charge is 2.58. The molecule has 2 rings (SSSR count). The van der Waals surface area contributed by atoms with Crippen LogP contribution >= 0.6 is 0 Å². The van der Waals surface area contributed by atoms with Crippen LogP contribution < -0.4 is 0 Å². The van der Waals surface area contributed by atoms with Gasteiger partial charge in [0.25, 0.3) is 0 Å². The molecule has 0 aliphatic heterocycles. The van der Waals surface area contributed by atoms with Gasteiger partial charge < -0.3 is 9.47 Å². The Morgan fingerprint density at radius 1 is 1.47 bits per heavy atom. The first-order chi connectivity index (χ1) is 9.11. The Bertz CT molecular complexity index is 376. The summed E-state index contributed by atoms with van der Waals surface area (Å²) >= 11 is 0. The van der Waals surface area contributed by atoms with Crippen LogP contribution in [-0.2, 0) is 19.1 Å². The summed E-state index contributed by atoms with van der Waals surface area (Å²) in [6.45, 7) is 5.94. The van der Waals surface area contributed by atoms with Crippen molar-refractivity contribution in [2.24, 2.45) is 11.8 Å². The maximum absolute atomic E-state index is 12.1. The quantitative estimate of drug-likeness (QED) is 0.421. The van der Waals surface area contributed by atoms with Gasteiger partial charge in [0.15, 0.2) is 0 Å². The molecule has 0 aromatic rings. The molecule has 2 fully saturated rings. The Labute approximate surface area is 114 Å². The highest BCUT2D eigenvalue weighted by atomic mass is 16.6. The molecule has 0 heterocycles. The molecule has 2 bridgehead atoms. The summed E-state index contributed by atoms with van der Waals surface area (Å²) in [5, 5.41) is 0. The highest BCUT2D eigenvalue weighted by molar-refractivity contribution is 5.83. The molecule has 0 spiro atoms. The molecule has 106 valence electrons. The summed E-state index contributed by atoms with van der Waals surface area (Å²) in [4.78, 5) is 23.6. The average Bonchev–Trinajstić information content (AvgIpc) is 2.95.